The van der Waals surface area contributed by atoms with Gasteiger partial charge in [0, 0.05) is 12.0 Å². The Morgan fingerprint density at radius 2 is 1.13 bits per heavy atom. The monoisotopic (exact) mass is 649 g/mol. The van der Waals surface area contributed by atoms with E-state index in [0.29, 0.717) is 19.4 Å². The van der Waals surface area contributed by atoms with Gasteiger partial charge < -0.3 is 47.8 Å². The quantitative estimate of drug-likeness (QED) is 0.0695. The molecule has 0 aliphatic carbocycles. The maximum absolute atomic E-state index is 12.9. The zero-order valence-corrected chi connectivity index (χ0v) is 26.0. The van der Waals surface area contributed by atoms with E-state index in [9.17, 15) is 38.4 Å². The fourth-order valence-corrected chi connectivity index (χ4v) is 3.90. The highest BCUT2D eigenvalue weighted by atomic mass is 16.4. The normalized spacial score (nSPS) is 13.8. The molecule has 6 amide bonds. The molecule has 0 unspecified atom stereocenters. The number of rotatable bonds is 20. The molecule has 5 atom stereocenters. The fourth-order valence-electron chi connectivity index (χ4n) is 3.90. The number of hydrogen-bond donors (Lipinski definition) is 9. The van der Waals surface area contributed by atoms with Gasteiger partial charge in [-0.2, -0.15) is 0 Å². The summed E-state index contributed by atoms with van der Waals surface area (Å²) in [5, 5.41) is 32.1. The van der Waals surface area contributed by atoms with Crippen molar-refractivity contribution in [2.45, 2.75) is 83.1 Å². The number of carboxylic acids is 2. The number of nitrogens with one attached hydrogen (secondary N) is 6. The molecule has 0 aliphatic heterocycles. The minimum atomic E-state index is -1.28. The lowest BCUT2D eigenvalue weighted by atomic mass is 10.1. The van der Waals surface area contributed by atoms with E-state index in [1.165, 1.54) is 32.9 Å². The van der Waals surface area contributed by atoms with Gasteiger partial charge in [0.25, 0.3) is 5.91 Å². The Labute approximate surface area is 265 Å². The Balaban J connectivity index is 2.83. The van der Waals surface area contributed by atoms with Crippen molar-refractivity contribution in [1.82, 2.24) is 31.9 Å². The largest absolute Gasteiger partial charge is 0.481 e. The van der Waals surface area contributed by atoms with E-state index in [1.54, 1.807) is 18.2 Å². The summed E-state index contributed by atoms with van der Waals surface area (Å²) >= 11 is 0. The minimum Gasteiger partial charge on any atom is -0.481 e. The van der Waals surface area contributed by atoms with Gasteiger partial charge in [0.1, 0.15) is 36.8 Å². The molecule has 0 saturated heterocycles. The molecule has 46 heavy (non-hydrogen) atoms. The van der Waals surface area contributed by atoms with E-state index in [4.69, 9.17) is 15.9 Å². The first-order valence-corrected chi connectivity index (χ1v) is 14.6. The van der Waals surface area contributed by atoms with Crippen molar-refractivity contribution in [3.05, 3.63) is 35.9 Å². The summed E-state index contributed by atoms with van der Waals surface area (Å²) in [6.45, 7) is 3.70. The maximum Gasteiger partial charge on any atom is 0.322 e. The Hall–Kier alpha value is -5.06. The van der Waals surface area contributed by atoms with Crippen LogP contribution in [0, 0.1) is 0 Å². The van der Waals surface area contributed by atoms with Crippen LogP contribution >= 0.6 is 0 Å². The first-order valence-electron chi connectivity index (χ1n) is 14.6. The predicted molar refractivity (Wildman–Crippen MR) is 163 cm³/mol. The Kier molecular flexibility index (Phi) is 17.0. The molecular weight excluding hydrogens is 606 g/mol. The molecule has 10 N–H and O–H groups in total. The van der Waals surface area contributed by atoms with Gasteiger partial charge in [-0.3, -0.25) is 38.4 Å². The smallest absolute Gasteiger partial charge is 0.322 e. The second kappa shape index (κ2) is 20.1. The summed E-state index contributed by atoms with van der Waals surface area (Å²) < 4.78 is 0. The highest BCUT2D eigenvalue weighted by Gasteiger charge is 2.29. The van der Waals surface area contributed by atoms with E-state index in [2.05, 4.69) is 31.9 Å². The molecule has 1 rings (SSSR count). The highest BCUT2D eigenvalue weighted by Crippen LogP contribution is 2.05. The van der Waals surface area contributed by atoms with Gasteiger partial charge in [-0.25, -0.2) is 0 Å². The van der Waals surface area contributed by atoms with Crippen molar-refractivity contribution in [2.24, 2.45) is 5.73 Å². The van der Waals surface area contributed by atoms with Gasteiger partial charge in [0.2, 0.25) is 29.5 Å². The summed E-state index contributed by atoms with van der Waals surface area (Å²) in [4.78, 5) is 98.0. The number of benzene rings is 1. The molecule has 0 aliphatic rings. The van der Waals surface area contributed by atoms with Crippen molar-refractivity contribution in [1.29, 1.82) is 0 Å². The average molecular weight is 650 g/mol. The van der Waals surface area contributed by atoms with Gasteiger partial charge >= 0.3 is 11.9 Å². The average Bonchev–Trinajstić information content (AvgIpc) is 3.01. The molecule has 0 saturated carbocycles. The zero-order valence-electron chi connectivity index (χ0n) is 26.0. The molecule has 0 aromatic heterocycles. The van der Waals surface area contributed by atoms with E-state index >= 15 is 0 Å². The van der Waals surface area contributed by atoms with Crippen molar-refractivity contribution in [2.75, 3.05) is 13.1 Å². The van der Waals surface area contributed by atoms with E-state index in [1.807, 2.05) is 0 Å². The fraction of sp³-hybridized carbons (Fsp3) is 0.517. The van der Waals surface area contributed by atoms with Crippen molar-refractivity contribution in [3.8, 4) is 0 Å². The Bertz CT molecular complexity index is 1240. The molecule has 0 radical (unpaired) electrons. The van der Waals surface area contributed by atoms with Crippen LogP contribution in [0.25, 0.3) is 0 Å². The molecule has 0 bridgehead atoms. The first kappa shape index (κ1) is 39.0. The third kappa shape index (κ3) is 14.6. The van der Waals surface area contributed by atoms with Gasteiger partial charge in [-0.15, -0.1) is 0 Å². The molecule has 254 valence electrons. The number of amides is 6. The Morgan fingerprint density at radius 3 is 1.65 bits per heavy atom. The van der Waals surface area contributed by atoms with Crippen molar-refractivity contribution >= 4 is 47.4 Å². The number of nitrogens with two attached hydrogens (primary N) is 1. The van der Waals surface area contributed by atoms with Crippen LogP contribution in [0.15, 0.2) is 30.3 Å². The molecule has 17 nitrogen and oxygen atoms in total. The van der Waals surface area contributed by atoms with Gasteiger partial charge in [0.05, 0.1) is 0 Å². The predicted octanol–water partition coefficient (Wildman–Crippen LogP) is -2.02. The number of aliphatic carboxylic acids is 2. The van der Waals surface area contributed by atoms with Gasteiger partial charge in [0.15, 0.2) is 0 Å². The van der Waals surface area contributed by atoms with Crippen LogP contribution < -0.4 is 37.6 Å². The van der Waals surface area contributed by atoms with Crippen LogP contribution in [0.5, 0.6) is 0 Å². The highest BCUT2D eigenvalue weighted by molar-refractivity contribution is 5.99. The lowest BCUT2D eigenvalue weighted by molar-refractivity contribution is -0.139. The molecule has 1 aromatic carbocycles. The molecule has 0 heterocycles. The summed E-state index contributed by atoms with van der Waals surface area (Å²) in [5.41, 5.74) is 5.76. The molecule has 0 spiro atoms. The third-order valence-corrected chi connectivity index (χ3v) is 6.55. The first-order chi connectivity index (χ1) is 21.7. The summed E-state index contributed by atoms with van der Waals surface area (Å²) in [6.07, 6.45) is 0.452. The summed E-state index contributed by atoms with van der Waals surface area (Å²) in [7, 11) is 0. The van der Waals surface area contributed by atoms with Crippen molar-refractivity contribution in [3.63, 3.8) is 0 Å². The summed E-state index contributed by atoms with van der Waals surface area (Å²) in [5.74, 6) is -6.89. The van der Waals surface area contributed by atoms with Gasteiger partial charge in [-0.1, -0.05) is 18.2 Å². The summed E-state index contributed by atoms with van der Waals surface area (Å²) in [6, 6.07) is 2.04. The number of carbonyl (C=O) groups excluding carboxylic acids is 6. The number of hydrogen-bond acceptors (Lipinski definition) is 9. The lowest BCUT2D eigenvalue weighted by Crippen LogP contribution is -2.58. The molecule has 1 aromatic rings. The van der Waals surface area contributed by atoms with Crippen LogP contribution in [0.2, 0.25) is 0 Å². The second-order valence-corrected chi connectivity index (χ2v) is 10.5. The van der Waals surface area contributed by atoms with Gasteiger partial charge in [-0.05, 0) is 65.1 Å². The second-order valence-electron chi connectivity index (χ2n) is 10.5. The number of carbonyl (C=O) groups is 8. The van der Waals surface area contributed by atoms with Crippen LogP contribution in [-0.2, 0) is 33.6 Å². The lowest BCUT2D eigenvalue weighted by Gasteiger charge is -2.24. The van der Waals surface area contributed by atoms with Crippen LogP contribution in [-0.4, -0.2) is 101 Å². The molecule has 17 heteroatoms. The van der Waals surface area contributed by atoms with E-state index in [0.717, 1.165) is 0 Å². The minimum absolute atomic E-state index is 0.151. The number of unbranched alkanes of at least 4 members (excludes halogenated alkanes) is 1. The van der Waals surface area contributed by atoms with Crippen LogP contribution in [0.4, 0.5) is 0 Å². The van der Waals surface area contributed by atoms with Crippen LogP contribution in [0.3, 0.4) is 0 Å². The Morgan fingerprint density at radius 1 is 0.630 bits per heavy atom. The zero-order chi connectivity index (χ0) is 34.8. The number of carboxylic acid groups (broad SMARTS) is 2. The maximum atomic E-state index is 12.9. The van der Waals surface area contributed by atoms with E-state index in [-0.39, 0.29) is 18.4 Å². The SMILES string of the molecule is C[C@H](NC(=O)[C@H](C)NC(=O)[C@H](CCC(=O)O)NC(=O)c1ccccc1)C(=O)N[C@@H](CCCCN)C(=O)N[C@@H](C)C(=O)NCC(=O)O. The van der Waals surface area contributed by atoms with Crippen molar-refractivity contribution < 1.29 is 48.6 Å². The third-order valence-electron chi connectivity index (χ3n) is 6.55. The van der Waals surface area contributed by atoms with Crippen LogP contribution in [0.1, 0.15) is 63.2 Å². The standard InChI is InChI=1S/C29H43N7O10/c1-16(24(41)31-15-23(39)40)33-28(45)20(11-7-8-14-30)35-26(43)18(3)32-25(42)17(2)34-29(46)21(12-13-22(37)38)36-27(44)19-9-5-4-6-10-19/h4-6,9-10,16-18,20-21H,7-8,11-15,30H2,1-3H3,(H,31,41)(H,32,42)(H,33,45)(H,34,46)(H,35,43)(H,36,44)(H,37,38)(H,39,40)/t16-,17-,18-,20-,21-/m0/s1. The topological polar surface area (TPSA) is 275 Å². The molecular formula is C29H43N7O10. The van der Waals surface area contributed by atoms with E-state index < -0.39 is 90.6 Å². The molecule has 0 fully saturated rings.